The molecule has 1 nitrogen and oxygen atoms in total. The van der Waals surface area contributed by atoms with Gasteiger partial charge in [-0.15, -0.1) is 0 Å². The molecular weight excluding hydrogens is 373 g/mol. The maximum atomic E-state index is 2.89. The van der Waals surface area contributed by atoms with Crippen LogP contribution >= 0.6 is 0 Å². The zero-order valence-electron chi connectivity index (χ0n) is 17.5. The molecular formula is C29H26BN. The minimum atomic E-state index is -1.22. The Morgan fingerprint density at radius 3 is 0.774 bits per heavy atom. The first-order valence-electron chi connectivity index (χ1n) is 10.7. The van der Waals surface area contributed by atoms with Crippen LogP contribution in [0.1, 0.15) is 0 Å². The number of benzene rings is 4. The maximum absolute atomic E-state index is 2.89. The van der Waals surface area contributed by atoms with Gasteiger partial charge in [0.05, 0.1) is 0 Å². The molecule has 0 saturated heterocycles. The summed E-state index contributed by atoms with van der Waals surface area (Å²) in [5.41, 5.74) is 5.36. The zero-order chi connectivity index (χ0) is 21.2. The number of hydrogen-bond acceptors (Lipinski definition) is 0. The molecule has 0 saturated carbocycles. The minimum absolute atomic E-state index is 1.22. The summed E-state index contributed by atoms with van der Waals surface area (Å²) in [6.45, 7) is 0. The van der Waals surface area contributed by atoms with E-state index in [1.54, 1.807) is 0 Å². The highest BCUT2D eigenvalue weighted by Gasteiger charge is 2.30. The van der Waals surface area contributed by atoms with Crippen LogP contribution in [-0.4, -0.2) is 6.15 Å². The van der Waals surface area contributed by atoms with Gasteiger partial charge in [-0.05, 0) is 0 Å². The van der Waals surface area contributed by atoms with Crippen LogP contribution in [0.15, 0.2) is 152 Å². The standard InChI is InChI=1S/C24H20B.C5H5N/c1-5-13-21(14-6-1)25(22-15-7-2-8-16-22,23-17-9-3-10-18-23)24-19-11-4-12-20-24;1-2-4-6-5-3-1/h1-20H;1-5H/q-1;/p+1. The second kappa shape index (κ2) is 10.2. The first-order chi connectivity index (χ1) is 15.4. The molecule has 0 aliphatic carbocycles. The summed E-state index contributed by atoms with van der Waals surface area (Å²) >= 11 is 0. The van der Waals surface area contributed by atoms with Gasteiger partial charge in [0.2, 0.25) is 0 Å². The Hall–Kier alpha value is -3.91. The van der Waals surface area contributed by atoms with Crippen molar-refractivity contribution in [2.45, 2.75) is 0 Å². The molecule has 0 amide bonds. The third kappa shape index (κ3) is 4.49. The largest absolute Gasteiger partial charge is 0.218 e. The fraction of sp³-hybridized carbons (Fsp3) is 0. The lowest BCUT2D eigenvalue weighted by Crippen LogP contribution is -2.74. The first kappa shape index (κ1) is 20.4. The fourth-order valence-electron chi connectivity index (χ4n) is 4.46. The van der Waals surface area contributed by atoms with Crippen molar-refractivity contribution in [1.29, 1.82) is 0 Å². The number of aromatic nitrogens is 1. The van der Waals surface area contributed by atoms with Crippen LogP contribution in [-0.2, 0) is 0 Å². The highest BCUT2D eigenvalue weighted by Crippen LogP contribution is 2.09. The summed E-state index contributed by atoms with van der Waals surface area (Å²) in [6, 6.07) is 49.4. The third-order valence-electron chi connectivity index (χ3n) is 5.81. The van der Waals surface area contributed by atoms with Gasteiger partial charge in [0, 0.05) is 12.1 Å². The topological polar surface area (TPSA) is 14.1 Å². The van der Waals surface area contributed by atoms with Gasteiger partial charge in [-0.2, -0.15) is 21.9 Å². The highest BCUT2D eigenvalue weighted by molar-refractivity contribution is 7.19. The Morgan fingerprint density at radius 1 is 0.323 bits per heavy atom. The normalized spacial score (nSPS) is 10.6. The number of pyridine rings is 1. The molecule has 150 valence electrons. The summed E-state index contributed by atoms with van der Waals surface area (Å²) in [6.07, 6.45) is 2.53. The van der Waals surface area contributed by atoms with Crippen molar-refractivity contribution in [3.05, 3.63) is 152 Å². The van der Waals surface area contributed by atoms with E-state index in [-0.39, 0.29) is 0 Å². The molecule has 2 heteroatoms. The van der Waals surface area contributed by atoms with Crippen molar-refractivity contribution >= 4 is 28.0 Å². The number of rotatable bonds is 4. The molecule has 0 spiro atoms. The summed E-state index contributed by atoms with van der Waals surface area (Å²) in [7, 11) is 0. The van der Waals surface area contributed by atoms with Crippen LogP contribution in [0.3, 0.4) is 0 Å². The summed E-state index contributed by atoms with van der Waals surface area (Å²) in [5, 5.41) is 0. The van der Waals surface area contributed by atoms with Gasteiger partial charge in [-0.25, -0.2) is 4.98 Å². The Bertz CT molecular complexity index is 956. The van der Waals surface area contributed by atoms with E-state index in [1.807, 2.05) is 30.6 Å². The van der Waals surface area contributed by atoms with E-state index in [4.69, 9.17) is 0 Å². The van der Waals surface area contributed by atoms with E-state index in [0.717, 1.165) is 0 Å². The SMILES string of the molecule is c1cc[nH+]cc1.c1ccc([B-](c2ccccc2)(c2ccccc2)c2ccccc2)cc1. The molecule has 1 N–H and O–H groups in total. The Balaban J connectivity index is 0.000000334. The number of H-pyrrole nitrogens is 1. The average Bonchev–Trinajstić information content (AvgIpc) is 2.89. The predicted molar refractivity (Wildman–Crippen MR) is 133 cm³/mol. The van der Waals surface area contributed by atoms with E-state index in [0.29, 0.717) is 0 Å². The Kier molecular flexibility index (Phi) is 6.72. The highest BCUT2D eigenvalue weighted by atomic mass is 14.6. The molecule has 0 radical (unpaired) electrons. The molecule has 0 aliphatic heterocycles. The zero-order valence-corrected chi connectivity index (χ0v) is 17.5. The summed E-state index contributed by atoms with van der Waals surface area (Å²) in [4.78, 5) is 2.89. The van der Waals surface area contributed by atoms with E-state index in [9.17, 15) is 0 Å². The monoisotopic (exact) mass is 399 g/mol. The molecule has 5 aromatic rings. The van der Waals surface area contributed by atoms with Crippen LogP contribution in [0, 0.1) is 0 Å². The fourth-order valence-corrected chi connectivity index (χ4v) is 4.46. The molecule has 0 atom stereocenters. The second-order valence-corrected chi connectivity index (χ2v) is 7.59. The van der Waals surface area contributed by atoms with Crippen LogP contribution in [0.4, 0.5) is 0 Å². The molecule has 0 unspecified atom stereocenters. The van der Waals surface area contributed by atoms with Gasteiger partial charge in [0.1, 0.15) is 6.15 Å². The van der Waals surface area contributed by atoms with E-state index in [1.165, 1.54) is 21.9 Å². The van der Waals surface area contributed by atoms with Gasteiger partial charge >= 0.3 is 0 Å². The van der Waals surface area contributed by atoms with Gasteiger partial charge < -0.3 is 0 Å². The van der Waals surface area contributed by atoms with Gasteiger partial charge in [-0.1, -0.05) is 127 Å². The third-order valence-corrected chi connectivity index (χ3v) is 5.81. The first-order valence-corrected chi connectivity index (χ1v) is 10.7. The van der Waals surface area contributed by atoms with E-state index in [2.05, 4.69) is 126 Å². The lowest BCUT2D eigenvalue weighted by Gasteiger charge is -2.44. The van der Waals surface area contributed by atoms with Crippen molar-refractivity contribution in [1.82, 2.24) is 0 Å². The molecule has 0 bridgehead atoms. The van der Waals surface area contributed by atoms with Crippen LogP contribution in [0.2, 0.25) is 0 Å². The Labute approximate surface area is 185 Å². The van der Waals surface area contributed by atoms with Crippen LogP contribution < -0.4 is 26.8 Å². The minimum Gasteiger partial charge on any atom is -0.218 e. The quantitative estimate of drug-likeness (QED) is 0.411. The maximum Gasteiger partial charge on any atom is 0.166 e. The smallest absolute Gasteiger partial charge is 0.166 e. The summed E-state index contributed by atoms with van der Waals surface area (Å²) < 4.78 is 0. The van der Waals surface area contributed by atoms with Gasteiger partial charge in [0.15, 0.2) is 12.4 Å². The molecule has 1 heterocycles. The van der Waals surface area contributed by atoms with Gasteiger partial charge in [-0.3, -0.25) is 0 Å². The van der Waals surface area contributed by atoms with Crippen LogP contribution in [0.25, 0.3) is 0 Å². The lowest BCUT2D eigenvalue weighted by molar-refractivity contribution is -0.377. The van der Waals surface area contributed by atoms with Crippen molar-refractivity contribution in [3.63, 3.8) is 0 Å². The van der Waals surface area contributed by atoms with E-state index < -0.39 is 6.15 Å². The number of aromatic amines is 1. The molecule has 1 aromatic heterocycles. The molecule has 31 heavy (non-hydrogen) atoms. The lowest BCUT2D eigenvalue weighted by atomic mass is 9.13. The molecule has 0 fully saturated rings. The van der Waals surface area contributed by atoms with Crippen LogP contribution in [0.5, 0.6) is 0 Å². The van der Waals surface area contributed by atoms with E-state index >= 15 is 0 Å². The Morgan fingerprint density at radius 2 is 0.581 bits per heavy atom. The predicted octanol–water partition coefficient (Wildman–Crippen LogP) is 3.56. The molecule has 4 aromatic carbocycles. The van der Waals surface area contributed by atoms with Crippen molar-refractivity contribution in [3.8, 4) is 0 Å². The number of nitrogens with one attached hydrogen (secondary N) is 1. The summed E-state index contributed by atoms with van der Waals surface area (Å²) in [5.74, 6) is 0. The number of hydrogen-bond donors (Lipinski definition) is 0. The van der Waals surface area contributed by atoms with Gasteiger partial charge in [0.25, 0.3) is 0 Å². The molecule has 5 rings (SSSR count). The van der Waals surface area contributed by atoms with Crippen molar-refractivity contribution in [2.24, 2.45) is 0 Å². The van der Waals surface area contributed by atoms with Crippen molar-refractivity contribution < 1.29 is 4.98 Å². The molecule has 0 aliphatic rings. The second-order valence-electron chi connectivity index (χ2n) is 7.59. The average molecular weight is 399 g/mol. The van der Waals surface area contributed by atoms with Crippen molar-refractivity contribution in [2.75, 3.05) is 0 Å².